The first-order valence-corrected chi connectivity index (χ1v) is 7.49. The van der Waals surface area contributed by atoms with Crippen molar-refractivity contribution < 1.29 is 14.7 Å². The molecule has 0 radical (unpaired) electrons. The average molecular weight is 297 g/mol. The summed E-state index contributed by atoms with van der Waals surface area (Å²) in [6.45, 7) is 3.33. The molecule has 0 spiro atoms. The number of carbonyl (C=O) groups is 2. The molecule has 20 heavy (non-hydrogen) atoms. The fraction of sp³-hybridized carbons (Fsp3) is 0.615. The molecule has 0 atom stereocenters. The van der Waals surface area contributed by atoms with Crippen LogP contribution in [-0.4, -0.2) is 53.5 Å². The van der Waals surface area contributed by atoms with E-state index in [1.165, 1.54) is 4.90 Å². The molecule has 0 aliphatic carbocycles. The highest BCUT2D eigenvalue weighted by molar-refractivity contribution is 7.13. The van der Waals surface area contributed by atoms with E-state index in [0.717, 1.165) is 36.8 Å². The molecule has 1 fully saturated rings. The minimum absolute atomic E-state index is 0.0673. The van der Waals surface area contributed by atoms with E-state index in [4.69, 9.17) is 5.11 Å². The molecule has 7 heteroatoms. The molecule has 1 aliphatic heterocycles. The molecule has 2 heterocycles. The van der Waals surface area contributed by atoms with E-state index in [0.29, 0.717) is 0 Å². The van der Waals surface area contributed by atoms with Crippen molar-refractivity contribution in [3.05, 3.63) is 11.1 Å². The maximum absolute atomic E-state index is 12.1. The predicted molar refractivity (Wildman–Crippen MR) is 77.1 cm³/mol. The lowest BCUT2D eigenvalue weighted by Crippen LogP contribution is -2.42. The molecule has 1 aromatic rings. The number of hydrogen-bond donors (Lipinski definition) is 1. The van der Waals surface area contributed by atoms with Gasteiger partial charge in [0.05, 0.1) is 5.69 Å². The van der Waals surface area contributed by atoms with Crippen LogP contribution in [0.2, 0.25) is 0 Å². The Bertz CT molecular complexity index is 495. The number of aryl methyl sites for hydroxylation is 1. The van der Waals surface area contributed by atoms with Gasteiger partial charge in [0.15, 0.2) is 5.13 Å². The Labute approximate surface area is 122 Å². The summed E-state index contributed by atoms with van der Waals surface area (Å²) >= 11 is 1.62. The van der Waals surface area contributed by atoms with Gasteiger partial charge < -0.3 is 14.9 Å². The van der Waals surface area contributed by atoms with Gasteiger partial charge in [-0.3, -0.25) is 9.59 Å². The van der Waals surface area contributed by atoms with Gasteiger partial charge >= 0.3 is 5.97 Å². The van der Waals surface area contributed by atoms with Crippen LogP contribution in [0.1, 0.15) is 18.5 Å². The number of rotatable bonds is 4. The van der Waals surface area contributed by atoms with E-state index in [2.05, 4.69) is 9.88 Å². The van der Waals surface area contributed by atoms with Gasteiger partial charge in [-0.05, 0) is 19.8 Å². The number of carbonyl (C=O) groups excluding carboxylic acids is 1. The van der Waals surface area contributed by atoms with Gasteiger partial charge in [0.1, 0.15) is 6.54 Å². The molecule has 1 N–H and O–H groups in total. The standard InChI is InChI=1S/C13H19N3O3S/c1-9-8-20-13(14-9)16-5-3-10(4-6-16)12(19)15(2)7-11(17)18/h8,10H,3-7H2,1-2H3,(H,17,18). The van der Waals surface area contributed by atoms with Crippen LogP contribution >= 0.6 is 11.3 Å². The molecule has 1 saturated heterocycles. The number of aliphatic carboxylic acids is 1. The zero-order valence-corrected chi connectivity index (χ0v) is 12.5. The number of aromatic nitrogens is 1. The van der Waals surface area contributed by atoms with E-state index in [1.54, 1.807) is 18.4 Å². The molecule has 0 unspecified atom stereocenters. The first-order chi connectivity index (χ1) is 9.47. The van der Waals surface area contributed by atoms with Crippen LogP contribution in [0.3, 0.4) is 0 Å². The van der Waals surface area contributed by atoms with Crippen LogP contribution < -0.4 is 4.90 Å². The Balaban J connectivity index is 1.87. The summed E-state index contributed by atoms with van der Waals surface area (Å²) in [5.41, 5.74) is 1.02. The van der Waals surface area contributed by atoms with Gasteiger partial charge in [-0.15, -0.1) is 11.3 Å². The molecule has 0 bridgehead atoms. The number of anilines is 1. The molecular formula is C13H19N3O3S. The number of hydrogen-bond acceptors (Lipinski definition) is 5. The van der Waals surface area contributed by atoms with Gasteiger partial charge in [0.2, 0.25) is 5.91 Å². The van der Waals surface area contributed by atoms with Crippen LogP contribution in [0.25, 0.3) is 0 Å². The lowest BCUT2D eigenvalue weighted by Gasteiger charge is -2.32. The van der Waals surface area contributed by atoms with E-state index in [-0.39, 0.29) is 18.4 Å². The Morgan fingerprint density at radius 1 is 1.50 bits per heavy atom. The first kappa shape index (κ1) is 14.8. The fourth-order valence-electron chi connectivity index (χ4n) is 2.40. The van der Waals surface area contributed by atoms with Crippen molar-refractivity contribution in [1.29, 1.82) is 0 Å². The van der Waals surface area contributed by atoms with Crippen molar-refractivity contribution in [3.63, 3.8) is 0 Å². The lowest BCUT2D eigenvalue weighted by atomic mass is 9.95. The summed E-state index contributed by atoms with van der Waals surface area (Å²) in [4.78, 5) is 30.7. The third-order valence-electron chi connectivity index (χ3n) is 3.47. The van der Waals surface area contributed by atoms with Crippen molar-refractivity contribution in [3.8, 4) is 0 Å². The SMILES string of the molecule is Cc1csc(N2CCC(C(=O)N(C)CC(=O)O)CC2)n1. The summed E-state index contributed by atoms with van der Waals surface area (Å²) in [6.07, 6.45) is 1.50. The maximum Gasteiger partial charge on any atom is 0.323 e. The van der Waals surface area contributed by atoms with Crippen LogP contribution in [-0.2, 0) is 9.59 Å². The summed E-state index contributed by atoms with van der Waals surface area (Å²) < 4.78 is 0. The molecule has 0 saturated carbocycles. The second-order valence-corrected chi connectivity index (χ2v) is 5.96. The average Bonchev–Trinajstić information content (AvgIpc) is 2.84. The predicted octanol–water partition coefficient (Wildman–Crippen LogP) is 1.21. The number of nitrogens with zero attached hydrogens (tertiary/aromatic N) is 3. The normalized spacial score (nSPS) is 16.2. The summed E-state index contributed by atoms with van der Waals surface area (Å²) in [6, 6.07) is 0. The van der Waals surface area contributed by atoms with E-state index in [1.807, 2.05) is 12.3 Å². The van der Waals surface area contributed by atoms with Crippen molar-refractivity contribution in [1.82, 2.24) is 9.88 Å². The van der Waals surface area contributed by atoms with Crippen molar-refractivity contribution in [2.75, 3.05) is 31.6 Å². The molecule has 1 amide bonds. The Kier molecular flexibility index (Phi) is 4.59. The minimum Gasteiger partial charge on any atom is -0.480 e. The molecule has 110 valence electrons. The number of carboxylic acid groups (broad SMARTS) is 1. The number of thiazole rings is 1. The van der Waals surface area contributed by atoms with Crippen LogP contribution in [0.4, 0.5) is 5.13 Å². The minimum atomic E-state index is -0.975. The number of piperidine rings is 1. The molecule has 2 rings (SSSR count). The third kappa shape index (κ3) is 3.47. The molecule has 0 aromatic carbocycles. The maximum atomic E-state index is 12.1. The largest absolute Gasteiger partial charge is 0.480 e. The first-order valence-electron chi connectivity index (χ1n) is 6.61. The Morgan fingerprint density at radius 2 is 2.15 bits per heavy atom. The van der Waals surface area contributed by atoms with Crippen LogP contribution in [0, 0.1) is 12.8 Å². The number of amides is 1. The molecule has 6 nitrogen and oxygen atoms in total. The van der Waals surface area contributed by atoms with Crippen molar-refractivity contribution in [2.24, 2.45) is 5.92 Å². The fourth-order valence-corrected chi connectivity index (χ4v) is 3.25. The van der Waals surface area contributed by atoms with Crippen molar-refractivity contribution in [2.45, 2.75) is 19.8 Å². The van der Waals surface area contributed by atoms with Gasteiger partial charge in [-0.25, -0.2) is 4.98 Å². The van der Waals surface area contributed by atoms with Crippen molar-refractivity contribution >= 4 is 28.3 Å². The number of likely N-dealkylation sites (N-methyl/N-ethyl adjacent to an activating group) is 1. The third-order valence-corrected chi connectivity index (χ3v) is 4.49. The van der Waals surface area contributed by atoms with Gasteiger partial charge in [-0.2, -0.15) is 0 Å². The Morgan fingerprint density at radius 3 is 2.65 bits per heavy atom. The molecule has 1 aliphatic rings. The summed E-state index contributed by atoms with van der Waals surface area (Å²) in [5.74, 6) is -1.12. The highest BCUT2D eigenvalue weighted by Crippen LogP contribution is 2.26. The van der Waals surface area contributed by atoms with Crippen LogP contribution in [0.15, 0.2) is 5.38 Å². The van der Waals surface area contributed by atoms with Gasteiger partial charge in [0, 0.05) is 31.4 Å². The zero-order chi connectivity index (χ0) is 14.7. The summed E-state index contributed by atoms with van der Waals surface area (Å²) in [5, 5.41) is 11.7. The van der Waals surface area contributed by atoms with E-state index >= 15 is 0 Å². The highest BCUT2D eigenvalue weighted by atomic mass is 32.1. The second-order valence-electron chi connectivity index (χ2n) is 5.12. The lowest BCUT2D eigenvalue weighted by molar-refractivity contribution is -0.145. The highest BCUT2D eigenvalue weighted by Gasteiger charge is 2.28. The monoisotopic (exact) mass is 297 g/mol. The molecular weight excluding hydrogens is 278 g/mol. The smallest absolute Gasteiger partial charge is 0.323 e. The zero-order valence-electron chi connectivity index (χ0n) is 11.7. The van der Waals surface area contributed by atoms with Gasteiger partial charge in [-0.1, -0.05) is 0 Å². The van der Waals surface area contributed by atoms with Crippen LogP contribution in [0.5, 0.6) is 0 Å². The van der Waals surface area contributed by atoms with Gasteiger partial charge in [0.25, 0.3) is 0 Å². The number of carboxylic acids is 1. The second kappa shape index (κ2) is 6.21. The van der Waals surface area contributed by atoms with E-state index < -0.39 is 5.97 Å². The Hall–Kier alpha value is -1.63. The topological polar surface area (TPSA) is 73.7 Å². The molecule has 1 aromatic heterocycles. The summed E-state index contributed by atoms with van der Waals surface area (Å²) in [7, 11) is 1.55. The quantitative estimate of drug-likeness (QED) is 0.904. The van der Waals surface area contributed by atoms with E-state index in [9.17, 15) is 9.59 Å².